The van der Waals surface area contributed by atoms with Gasteiger partial charge in [0.15, 0.2) is 0 Å². The summed E-state index contributed by atoms with van der Waals surface area (Å²) in [5, 5.41) is 0. The second-order valence-corrected chi connectivity index (χ2v) is 7.61. The van der Waals surface area contributed by atoms with E-state index in [4.69, 9.17) is 0 Å². The van der Waals surface area contributed by atoms with Crippen LogP contribution < -0.4 is 4.90 Å². The van der Waals surface area contributed by atoms with Crippen molar-refractivity contribution in [2.45, 2.75) is 18.9 Å². The van der Waals surface area contributed by atoms with Crippen molar-refractivity contribution in [3.05, 3.63) is 65.2 Å². The molecule has 1 unspecified atom stereocenters. The lowest BCUT2D eigenvalue weighted by molar-refractivity contribution is -0.134. The van der Waals surface area contributed by atoms with Gasteiger partial charge in [-0.1, -0.05) is 18.2 Å². The zero-order valence-corrected chi connectivity index (χ0v) is 16.3. The number of halogens is 2. The van der Waals surface area contributed by atoms with Crippen molar-refractivity contribution in [3.8, 4) is 0 Å². The van der Waals surface area contributed by atoms with Crippen LogP contribution in [0.2, 0.25) is 0 Å². The van der Waals surface area contributed by atoms with Gasteiger partial charge in [-0.05, 0) is 43.7 Å². The van der Waals surface area contributed by atoms with E-state index in [9.17, 15) is 18.4 Å². The fourth-order valence-electron chi connectivity index (χ4n) is 4.06. The minimum atomic E-state index is -0.927. The minimum Gasteiger partial charge on any atom is -0.338 e. The summed E-state index contributed by atoms with van der Waals surface area (Å²) in [5.41, 5.74) is 1.31. The second-order valence-electron chi connectivity index (χ2n) is 7.61. The van der Waals surface area contributed by atoms with Crippen LogP contribution in [0.4, 0.5) is 14.5 Å². The Morgan fingerprint density at radius 1 is 1.00 bits per heavy atom. The Kier molecular flexibility index (Phi) is 5.32. The average Bonchev–Trinajstić information content (AvgIpc) is 2.72. The summed E-state index contributed by atoms with van der Waals surface area (Å²) < 4.78 is 27.7. The summed E-state index contributed by atoms with van der Waals surface area (Å²) >= 11 is 0. The molecule has 1 fully saturated rings. The smallest absolute Gasteiger partial charge is 0.262 e. The van der Waals surface area contributed by atoms with Crippen LogP contribution in [0, 0.1) is 11.6 Å². The van der Waals surface area contributed by atoms with Gasteiger partial charge in [0.1, 0.15) is 17.7 Å². The van der Waals surface area contributed by atoms with Crippen LogP contribution in [-0.4, -0.2) is 60.9 Å². The van der Waals surface area contributed by atoms with E-state index in [1.807, 2.05) is 19.2 Å². The van der Waals surface area contributed by atoms with Crippen molar-refractivity contribution < 1.29 is 18.4 Å². The van der Waals surface area contributed by atoms with Crippen LogP contribution in [0.25, 0.3) is 0 Å². The molecule has 0 radical (unpaired) electrons. The molecule has 2 aromatic rings. The van der Waals surface area contributed by atoms with Crippen molar-refractivity contribution in [3.63, 3.8) is 0 Å². The van der Waals surface area contributed by atoms with Crippen molar-refractivity contribution in [1.82, 2.24) is 9.80 Å². The average molecular weight is 399 g/mol. The molecule has 2 aliphatic rings. The van der Waals surface area contributed by atoms with Crippen molar-refractivity contribution in [2.24, 2.45) is 0 Å². The molecule has 2 amide bonds. The van der Waals surface area contributed by atoms with E-state index in [1.165, 1.54) is 4.90 Å². The van der Waals surface area contributed by atoms with Crippen LogP contribution in [0.1, 0.15) is 22.3 Å². The maximum absolute atomic E-state index is 14.4. The van der Waals surface area contributed by atoms with Gasteiger partial charge in [-0.2, -0.15) is 0 Å². The predicted molar refractivity (Wildman–Crippen MR) is 106 cm³/mol. The predicted octanol–water partition coefficient (Wildman–Crippen LogP) is 2.70. The zero-order chi connectivity index (χ0) is 20.5. The number of likely N-dealkylation sites (N-methyl/N-ethyl adjacent to an activating group) is 1. The number of aryl methyl sites for hydroxylation is 1. The maximum Gasteiger partial charge on any atom is 0.262 e. The number of anilines is 1. The van der Waals surface area contributed by atoms with Crippen LogP contribution in [0.15, 0.2) is 42.5 Å². The van der Waals surface area contributed by atoms with Crippen LogP contribution in [0.5, 0.6) is 0 Å². The Labute approximate surface area is 168 Å². The molecule has 2 aliphatic heterocycles. The molecule has 0 saturated carbocycles. The van der Waals surface area contributed by atoms with Gasteiger partial charge in [0.05, 0.1) is 5.56 Å². The number of fused-ring (bicyclic) bond motifs is 1. The largest absolute Gasteiger partial charge is 0.338 e. The zero-order valence-electron chi connectivity index (χ0n) is 16.3. The number of para-hydroxylation sites is 1. The Morgan fingerprint density at radius 3 is 2.45 bits per heavy atom. The van der Waals surface area contributed by atoms with Gasteiger partial charge in [0.2, 0.25) is 5.91 Å². The van der Waals surface area contributed by atoms with Crippen molar-refractivity contribution in [2.75, 3.05) is 38.1 Å². The van der Waals surface area contributed by atoms with Crippen molar-refractivity contribution in [1.29, 1.82) is 0 Å². The van der Waals surface area contributed by atoms with Gasteiger partial charge in [-0.25, -0.2) is 8.78 Å². The second kappa shape index (κ2) is 7.91. The number of nitrogens with zero attached hydrogens (tertiary/aromatic N) is 3. The maximum atomic E-state index is 14.4. The van der Waals surface area contributed by atoms with E-state index in [0.717, 1.165) is 30.8 Å². The monoisotopic (exact) mass is 399 g/mol. The van der Waals surface area contributed by atoms with E-state index in [2.05, 4.69) is 4.90 Å². The third-order valence-electron chi connectivity index (χ3n) is 5.73. The van der Waals surface area contributed by atoms with Gasteiger partial charge in [0.25, 0.3) is 5.91 Å². The Morgan fingerprint density at radius 2 is 1.72 bits per heavy atom. The molecule has 4 rings (SSSR count). The molecule has 0 spiro atoms. The SMILES string of the molecule is CN1CCN(C(=O)C2CCc3ccccc3N2C(=O)c2ccc(F)cc2F)CC1. The highest BCUT2D eigenvalue weighted by Gasteiger charge is 2.39. The van der Waals surface area contributed by atoms with E-state index >= 15 is 0 Å². The molecule has 29 heavy (non-hydrogen) atoms. The summed E-state index contributed by atoms with van der Waals surface area (Å²) in [5.74, 6) is -2.42. The Balaban J connectivity index is 1.71. The standard InChI is InChI=1S/C22H23F2N3O2/c1-25-10-12-26(13-11-25)22(29)20-9-6-15-4-2-3-5-19(15)27(20)21(28)17-8-7-16(23)14-18(17)24/h2-5,7-8,14,20H,6,9-13H2,1H3. The van der Waals surface area contributed by atoms with Crippen molar-refractivity contribution >= 4 is 17.5 Å². The molecule has 0 aromatic heterocycles. The van der Waals surface area contributed by atoms with Gasteiger partial charge >= 0.3 is 0 Å². The van der Waals surface area contributed by atoms with E-state index in [1.54, 1.807) is 17.0 Å². The van der Waals surface area contributed by atoms with E-state index in [-0.39, 0.29) is 11.5 Å². The molecule has 0 bridgehead atoms. The lowest BCUT2D eigenvalue weighted by Gasteiger charge is -2.41. The number of hydrogen-bond donors (Lipinski definition) is 0. The molecule has 1 atom stereocenters. The Bertz CT molecular complexity index is 941. The van der Waals surface area contributed by atoms with E-state index in [0.29, 0.717) is 37.7 Å². The van der Waals surface area contributed by atoms with Gasteiger partial charge in [-0.15, -0.1) is 0 Å². The number of piperazine rings is 1. The lowest BCUT2D eigenvalue weighted by Crippen LogP contribution is -2.57. The number of rotatable bonds is 2. The quantitative estimate of drug-likeness (QED) is 0.780. The molecule has 1 saturated heterocycles. The number of benzene rings is 2. The first-order valence-corrected chi connectivity index (χ1v) is 9.79. The summed E-state index contributed by atoms with van der Waals surface area (Å²) in [6, 6.07) is 9.55. The Hall–Kier alpha value is -2.80. The van der Waals surface area contributed by atoms with Gasteiger partial charge in [0, 0.05) is 37.9 Å². The number of amides is 2. The van der Waals surface area contributed by atoms with E-state index < -0.39 is 23.6 Å². The third-order valence-corrected chi connectivity index (χ3v) is 5.73. The molecule has 7 heteroatoms. The van der Waals surface area contributed by atoms with Crippen LogP contribution in [0.3, 0.4) is 0 Å². The third kappa shape index (κ3) is 3.74. The summed E-state index contributed by atoms with van der Waals surface area (Å²) in [6.45, 7) is 2.74. The molecule has 5 nitrogen and oxygen atoms in total. The van der Waals surface area contributed by atoms with Crippen LogP contribution >= 0.6 is 0 Å². The normalized spacial score (nSPS) is 19.8. The highest BCUT2D eigenvalue weighted by atomic mass is 19.1. The summed E-state index contributed by atoms with van der Waals surface area (Å²) in [7, 11) is 2.01. The fourth-order valence-corrected chi connectivity index (χ4v) is 4.06. The summed E-state index contributed by atoms with van der Waals surface area (Å²) in [4.78, 5) is 32.0. The van der Waals surface area contributed by atoms with Gasteiger partial charge in [-0.3, -0.25) is 14.5 Å². The number of hydrogen-bond acceptors (Lipinski definition) is 3. The molecular formula is C22H23F2N3O2. The highest BCUT2D eigenvalue weighted by Crippen LogP contribution is 2.33. The topological polar surface area (TPSA) is 43.9 Å². The highest BCUT2D eigenvalue weighted by molar-refractivity contribution is 6.10. The molecule has 0 N–H and O–H groups in total. The minimum absolute atomic E-state index is 0.122. The first-order chi connectivity index (χ1) is 14.0. The molecular weight excluding hydrogens is 376 g/mol. The van der Waals surface area contributed by atoms with Gasteiger partial charge < -0.3 is 9.80 Å². The summed E-state index contributed by atoms with van der Waals surface area (Å²) in [6.07, 6.45) is 1.13. The molecule has 2 heterocycles. The first kappa shape index (κ1) is 19.5. The molecule has 0 aliphatic carbocycles. The number of carbonyl (C=O) groups is 2. The number of carbonyl (C=O) groups excluding carboxylic acids is 2. The molecule has 152 valence electrons. The van der Waals surface area contributed by atoms with Crippen LogP contribution in [-0.2, 0) is 11.2 Å². The molecule has 2 aromatic carbocycles. The first-order valence-electron chi connectivity index (χ1n) is 9.79. The lowest BCUT2D eigenvalue weighted by atomic mass is 9.93. The fraction of sp³-hybridized carbons (Fsp3) is 0.364.